The molecule has 2 heterocycles. The van der Waals surface area contributed by atoms with Crippen LogP contribution in [0.15, 0.2) is 41.5 Å². The summed E-state index contributed by atoms with van der Waals surface area (Å²) >= 11 is 0. The second-order valence-corrected chi connectivity index (χ2v) is 4.84. The molecule has 1 unspecified atom stereocenters. The highest BCUT2D eigenvalue weighted by Gasteiger charge is 2.13. The third kappa shape index (κ3) is 2.07. The van der Waals surface area contributed by atoms with Crippen LogP contribution in [0.25, 0.3) is 10.9 Å². The van der Waals surface area contributed by atoms with Crippen molar-refractivity contribution in [2.45, 2.75) is 19.8 Å². The van der Waals surface area contributed by atoms with Crippen molar-refractivity contribution in [2.75, 3.05) is 6.54 Å². The van der Waals surface area contributed by atoms with E-state index >= 15 is 0 Å². The maximum atomic E-state index is 4.68. The highest BCUT2D eigenvalue weighted by atomic mass is 14.8. The summed E-state index contributed by atoms with van der Waals surface area (Å²) in [6, 6.07) is 10.5. The van der Waals surface area contributed by atoms with E-state index in [0.717, 1.165) is 24.4 Å². The highest BCUT2D eigenvalue weighted by Crippen LogP contribution is 2.20. The minimum atomic E-state index is 0.734. The summed E-state index contributed by atoms with van der Waals surface area (Å²) in [7, 11) is 0. The maximum Gasteiger partial charge on any atom is 0.0708 e. The lowest BCUT2D eigenvalue weighted by molar-refractivity contribution is 0.538. The van der Waals surface area contributed by atoms with Crippen molar-refractivity contribution < 1.29 is 0 Å². The van der Waals surface area contributed by atoms with Crippen molar-refractivity contribution in [1.82, 2.24) is 4.98 Å². The molecular weight excluding hydrogens is 208 g/mol. The molecule has 17 heavy (non-hydrogen) atoms. The number of rotatable bonds is 1. The minimum absolute atomic E-state index is 0.734. The lowest BCUT2D eigenvalue weighted by atomic mass is 9.95. The predicted molar refractivity (Wildman–Crippen MR) is 71.5 cm³/mol. The standard InChI is InChI=1S/C15H16N2/c1-11-4-7-14(17-10-11)13-6-5-12-3-2-8-16-15(12)9-13/h2-3,5-6,8-9,11H,4,7,10H2,1H3. The van der Waals surface area contributed by atoms with Gasteiger partial charge in [-0.25, -0.2) is 0 Å². The lowest BCUT2D eigenvalue weighted by Crippen LogP contribution is -2.14. The van der Waals surface area contributed by atoms with Gasteiger partial charge in [0.2, 0.25) is 0 Å². The molecule has 0 N–H and O–H groups in total. The largest absolute Gasteiger partial charge is 0.289 e. The monoisotopic (exact) mass is 224 g/mol. The molecule has 1 aliphatic rings. The number of fused-ring (bicyclic) bond motifs is 1. The molecule has 1 aromatic heterocycles. The van der Waals surface area contributed by atoms with E-state index in [0.29, 0.717) is 0 Å². The minimum Gasteiger partial charge on any atom is -0.289 e. The van der Waals surface area contributed by atoms with Gasteiger partial charge in [-0.2, -0.15) is 0 Å². The van der Waals surface area contributed by atoms with E-state index in [1.165, 1.54) is 23.1 Å². The summed E-state index contributed by atoms with van der Waals surface area (Å²) in [5.41, 5.74) is 3.55. The van der Waals surface area contributed by atoms with Crippen molar-refractivity contribution in [3.8, 4) is 0 Å². The van der Waals surface area contributed by atoms with Crippen LogP contribution in [0.4, 0.5) is 0 Å². The summed E-state index contributed by atoms with van der Waals surface area (Å²) in [4.78, 5) is 9.07. The van der Waals surface area contributed by atoms with E-state index in [1.807, 2.05) is 12.3 Å². The number of nitrogens with zero attached hydrogens (tertiary/aromatic N) is 2. The van der Waals surface area contributed by atoms with Crippen LogP contribution in [-0.4, -0.2) is 17.2 Å². The first-order valence-electron chi connectivity index (χ1n) is 6.21. The molecule has 0 spiro atoms. The molecule has 0 bridgehead atoms. The molecule has 1 aromatic carbocycles. The zero-order valence-electron chi connectivity index (χ0n) is 10.1. The number of aliphatic imine (C=N–C) groups is 1. The Morgan fingerprint density at radius 2 is 2.18 bits per heavy atom. The Hall–Kier alpha value is -1.70. The zero-order valence-corrected chi connectivity index (χ0v) is 10.1. The third-order valence-electron chi connectivity index (χ3n) is 3.41. The van der Waals surface area contributed by atoms with Gasteiger partial charge < -0.3 is 0 Å². The Bertz CT molecular complexity index is 572. The normalized spacial score (nSPS) is 20.3. The molecule has 0 amide bonds. The number of hydrogen-bond donors (Lipinski definition) is 0. The molecule has 0 fully saturated rings. The van der Waals surface area contributed by atoms with Crippen LogP contribution < -0.4 is 0 Å². The van der Waals surface area contributed by atoms with Gasteiger partial charge in [-0.05, 0) is 36.5 Å². The number of pyridine rings is 1. The molecule has 3 rings (SSSR count). The topological polar surface area (TPSA) is 25.2 Å². The van der Waals surface area contributed by atoms with Crippen molar-refractivity contribution in [3.05, 3.63) is 42.1 Å². The van der Waals surface area contributed by atoms with Crippen molar-refractivity contribution in [3.63, 3.8) is 0 Å². The molecule has 0 aliphatic carbocycles. The van der Waals surface area contributed by atoms with E-state index in [1.54, 1.807) is 0 Å². The fraction of sp³-hybridized carbons (Fsp3) is 0.333. The summed E-state index contributed by atoms with van der Waals surface area (Å²) < 4.78 is 0. The Morgan fingerprint density at radius 3 is 3.00 bits per heavy atom. The highest BCUT2D eigenvalue weighted by molar-refractivity contribution is 6.03. The van der Waals surface area contributed by atoms with Crippen LogP contribution in [0.2, 0.25) is 0 Å². The number of hydrogen-bond acceptors (Lipinski definition) is 2. The Morgan fingerprint density at radius 1 is 1.24 bits per heavy atom. The van der Waals surface area contributed by atoms with E-state index in [9.17, 15) is 0 Å². The van der Waals surface area contributed by atoms with Crippen LogP contribution in [0.1, 0.15) is 25.3 Å². The summed E-state index contributed by atoms with van der Waals surface area (Å²) in [5, 5.41) is 1.20. The van der Waals surface area contributed by atoms with Gasteiger partial charge >= 0.3 is 0 Å². The number of aromatic nitrogens is 1. The van der Waals surface area contributed by atoms with Gasteiger partial charge in [0.05, 0.1) is 5.52 Å². The van der Waals surface area contributed by atoms with Crippen LogP contribution in [0.5, 0.6) is 0 Å². The van der Waals surface area contributed by atoms with Gasteiger partial charge in [-0.1, -0.05) is 25.1 Å². The summed E-state index contributed by atoms with van der Waals surface area (Å²) in [5.74, 6) is 0.734. The first-order chi connectivity index (χ1) is 8.33. The van der Waals surface area contributed by atoms with Gasteiger partial charge in [-0.3, -0.25) is 9.98 Å². The molecule has 0 radical (unpaired) electrons. The molecule has 1 aliphatic heterocycles. The predicted octanol–water partition coefficient (Wildman–Crippen LogP) is 3.45. The van der Waals surface area contributed by atoms with Crippen LogP contribution in [0.3, 0.4) is 0 Å². The average Bonchev–Trinajstić information content (AvgIpc) is 2.39. The Kier molecular flexibility index (Phi) is 2.63. The second-order valence-electron chi connectivity index (χ2n) is 4.84. The van der Waals surface area contributed by atoms with Crippen molar-refractivity contribution >= 4 is 16.6 Å². The molecule has 0 saturated carbocycles. The van der Waals surface area contributed by atoms with Gasteiger partial charge in [0.25, 0.3) is 0 Å². The average molecular weight is 224 g/mol. The molecule has 2 aromatic rings. The Labute approximate surface area is 101 Å². The van der Waals surface area contributed by atoms with Gasteiger partial charge in [0, 0.05) is 23.8 Å². The molecule has 0 saturated heterocycles. The first-order valence-corrected chi connectivity index (χ1v) is 6.21. The van der Waals surface area contributed by atoms with Crippen molar-refractivity contribution in [2.24, 2.45) is 10.9 Å². The SMILES string of the molecule is CC1CCC(c2ccc3cccnc3c2)=NC1. The maximum absolute atomic E-state index is 4.68. The fourth-order valence-electron chi connectivity index (χ4n) is 2.30. The van der Waals surface area contributed by atoms with E-state index in [-0.39, 0.29) is 0 Å². The molecule has 2 heteroatoms. The molecule has 86 valence electrons. The van der Waals surface area contributed by atoms with E-state index in [2.05, 4.69) is 41.2 Å². The fourth-order valence-corrected chi connectivity index (χ4v) is 2.30. The summed E-state index contributed by atoms with van der Waals surface area (Å²) in [6.07, 6.45) is 4.19. The smallest absolute Gasteiger partial charge is 0.0708 e. The van der Waals surface area contributed by atoms with E-state index in [4.69, 9.17) is 0 Å². The molecule has 2 nitrogen and oxygen atoms in total. The van der Waals surface area contributed by atoms with Gasteiger partial charge in [0.15, 0.2) is 0 Å². The van der Waals surface area contributed by atoms with E-state index < -0.39 is 0 Å². The quantitative estimate of drug-likeness (QED) is 0.728. The third-order valence-corrected chi connectivity index (χ3v) is 3.41. The molecule has 1 atom stereocenters. The Balaban J connectivity index is 2.01. The van der Waals surface area contributed by atoms with Gasteiger partial charge in [0.1, 0.15) is 0 Å². The van der Waals surface area contributed by atoms with Crippen LogP contribution in [-0.2, 0) is 0 Å². The number of benzene rings is 1. The lowest BCUT2D eigenvalue weighted by Gasteiger charge is -2.17. The first kappa shape index (κ1) is 10.5. The second kappa shape index (κ2) is 4.28. The molecular formula is C15H16N2. The zero-order chi connectivity index (χ0) is 11.7. The van der Waals surface area contributed by atoms with Crippen LogP contribution in [0, 0.1) is 5.92 Å². The summed E-state index contributed by atoms with van der Waals surface area (Å²) in [6.45, 7) is 3.23. The van der Waals surface area contributed by atoms with Gasteiger partial charge in [-0.15, -0.1) is 0 Å². The van der Waals surface area contributed by atoms with Crippen molar-refractivity contribution in [1.29, 1.82) is 0 Å². The van der Waals surface area contributed by atoms with Crippen LogP contribution >= 0.6 is 0 Å².